The van der Waals surface area contributed by atoms with Crippen molar-refractivity contribution >= 4 is 29.2 Å². The number of nitrogens with one attached hydrogen (secondary N) is 1. The van der Waals surface area contributed by atoms with Gasteiger partial charge in [-0.3, -0.25) is 9.59 Å². The van der Waals surface area contributed by atoms with Gasteiger partial charge in [0.15, 0.2) is 6.61 Å². The summed E-state index contributed by atoms with van der Waals surface area (Å²) in [4.78, 5) is 23.1. The van der Waals surface area contributed by atoms with Crippen LogP contribution in [0.5, 0.6) is 5.75 Å². The number of rotatable bonds is 7. The van der Waals surface area contributed by atoms with Crippen molar-refractivity contribution in [2.45, 2.75) is 33.1 Å². The third-order valence-electron chi connectivity index (χ3n) is 2.85. The summed E-state index contributed by atoms with van der Waals surface area (Å²) in [6, 6.07) is 3.33. The molecule has 0 saturated heterocycles. The Morgan fingerprint density at radius 3 is 2.67 bits per heavy atom. The Balaban J connectivity index is 2.59. The van der Waals surface area contributed by atoms with Crippen LogP contribution in [0.2, 0.25) is 5.02 Å². The molecule has 1 aromatic rings. The van der Waals surface area contributed by atoms with Crippen molar-refractivity contribution in [1.82, 2.24) is 0 Å². The quantitative estimate of drug-likeness (QED) is 0.784. The number of unbranched alkanes of at least 4 members (excludes halogenated alkanes) is 1. The molecule has 5 nitrogen and oxygen atoms in total. The van der Waals surface area contributed by atoms with Crippen LogP contribution in [0.3, 0.4) is 0 Å². The third kappa shape index (κ3) is 5.63. The normalized spacial score (nSPS) is 10.1. The first-order valence-corrected chi connectivity index (χ1v) is 7.15. The van der Waals surface area contributed by atoms with Crippen molar-refractivity contribution in [2.24, 2.45) is 0 Å². The summed E-state index contributed by atoms with van der Waals surface area (Å²) in [5.41, 5.74) is 1.31. The van der Waals surface area contributed by atoms with E-state index in [2.05, 4.69) is 5.32 Å². The monoisotopic (exact) mass is 313 g/mol. The summed E-state index contributed by atoms with van der Waals surface area (Å²) in [5.74, 6) is -0.331. The summed E-state index contributed by atoms with van der Waals surface area (Å²) >= 11 is 5.99. The summed E-state index contributed by atoms with van der Waals surface area (Å²) in [5, 5.41) is 3.19. The van der Waals surface area contributed by atoms with Gasteiger partial charge in [0.05, 0.1) is 12.8 Å². The summed E-state index contributed by atoms with van der Waals surface area (Å²) in [7, 11) is 1.49. The van der Waals surface area contributed by atoms with Gasteiger partial charge in [0.1, 0.15) is 5.75 Å². The summed E-state index contributed by atoms with van der Waals surface area (Å²) in [6.45, 7) is 3.49. The first kappa shape index (κ1) is 17.3. The minimum atomic E-state index is -0.417. The molecule has 1 aromatic carbocycles. The van der Waals surface area contributed by atoms with Crippen LogP contribution >= 0.6 is 11.6 Å². The van der Waals surface area contributed by atoms with Crippen LogP contribution in [0.15, 0.2) is 12.1 Å². The first-order valence-electron chi connectivity index (χ1n) is 6.77. The Hall–Kier alpha value is -1.75. The van der Waals surface area contributed by atoms with Crippen LogP contribution in [0, 0.1) is 6.92 Å². The molecule has 0 aliphatic rings. The fourth-order valence-corrected chi connectivity index (χ4v) is 1.81. The average Bonchev–Trinajstić information content (AvgIpc) is 2.46. The molecular formula is C15H20ClNO4. The molecule has 0 fully saturated rings. The lowest BCUT2D eigenvalue weighted by molar-refractivity contribution is -0.147. The fraction of sp³-hybridized carbons (Fsp3) is 0.467. The molecule has 1 N–H and O–H groups in total. The fourth-order valence-electron chi connectivity index (χ4n) is 1.66. The van der Waals surface area contributed by atoms with Crippen LogP contribution in [-0.4, -0.2) is 25.6 Å². The van der Waals surface area contributed by atoms with E-state index in [-0.39, 0.29) is 12.6 Å². The van der Waals surface area contributed by atoms with Crippen molar-refractivity contribution < 1.29 is 19.1 Å². The molecule has 0 aliphatic carbocycles. The Morgan fingerprint density at radius 1 is 1.33 bits per heavy atom. The number of esters is 1. The predicted molar refractivity (Wildman–Crippen MR) is 81.9 cm³/mol. The second-order valence-corrected chi connectivity index (χ2v) is 5.02. The van der Waals surface area contributed by atoms with Gasteiger partial charge in [0.2, 0.25) is 0 Å². The standard InChI is InChI=1S/C15H20ClNO4/c1-4-5-6-15(19)21-9-14(18)17-12-7-10(2)11(16)8-13(12)20-3/h7-8H,4-6,9H2,1-3H3,(H,17,18). The van der Waals surface area contributed by atoms with Crippen molar-refractivity contribution in [3.05, 3.63) is 22.7 Å². The molecule has 0 saturated carbocycles. The van der Waals surface area contributed by atoms with Gasteiger partial charge in [0.25, 0.3) is 5.91 Å². The van der Waals surface area contributed by atoms with Crippen LogP contribution in [0.1, 0.15) is 31.7 Å². The van der Waals surface area contributed by atoms with E-state index >= 15 is 0 Å². The van der Waals surface area contributed by atoms with Gasteiger partial charge < -0.3 is 14.8 Å². The maximum atomic E-state index is 11.8. The molecule has 0 unspecified atom stereocenters. The zero-order valence-corrected chi connectivity index (χ0v) is 13.3. The average molecular weight is 314 g/mol. The van der Waals surface area contributed by atoms with E-state index in [1.807, 2.05) is 13.8 Å². The van der Waals surface area contributed by atoms with E-state index in [0.29, 0.717) is 22.9 Å². The van der Waals surface area contributed by atoms with Crippen LogP contribution < -0.4 is 10.1 Å². The molecule has 0 bridgehead atoms. The molecule has 0 radical (unpaired) electrons. The number of ether oxygens (including phenoxy) is 2. The van der Waals surface area contributed by atoms with Gasteiger partial charge in [-0.25, -0.2) is 0 Å². The SMILES string of the molecule is CCCCC(=O)OCC(=O)Nc1cc(C)c(Cl)cc1OC. The van der Waals surface area contributed by atoms with Crippen LogP contribution in [-0.2, 0) is 14.3 Å². The van der Waals surface area contributed by atoms with Crippen LogP contribution in [0.25, 0.3) is 0 Å². The lowest BCUT2D eigenvalue weighted by Crippen LogP contribution is -2.21. The number of anilines is 1. The molecule has 0 atom stereocenters. The highest BCUT2D eigenvalue weighted by Crippen LogP contribution is 2.30. The third-order valence-corrected chi connectivity index (χ3v) is 3.26. The highest BCUT2D eigenvalue weighted by atomic mass is 35.5. The number of carbonyl (C=O) groups excluding carboxylic acids is 2. The molecule has 1 amide bonds. The number of amides is 1. The smallest absolute Gasteiger partial charge is 0.306 e. The van der Waals surface area contributed by atoms with E-state index in [1.54, 1.807) is 12.1 Å². The van der Waals surface area contributed by atoms with Crippen molar-refractivity contribution in [3.8, 4) is 5.75 Å². The second kappa shape index (κ2) is 8.52. The lowest BCUT2D eigenvalue weighted by Gasteiger charge is -2.12. The topological polar surface area (TPSA) is 64.6 Å². The van der Waals surface area contributed by atoms with Crippen molar-refractivity contribution in [2.75, 3.05) is 19.0 Å². The molecule has 21 heavy (non-hydrogen) atoms. The van der Waals surface area contributed by atoms with E-state index in [9.17, 15) is 9.59 Å². The Bertz CT molecular complexity index is 517. The van der Waals surface area contributed by atoms with Gasteiger partial charge in [-0.05, 0) is 25.0 Å². The molecule has 6 heteroatoms. The largest absolute Gasteiger partial charge is 0.495 e. The first-order chi connectivity index (χ1) is 9.97. The maximum Gasteiger partial charge on any atom is 0.306 e. The second-order valence-electron chi connectivity index (χ2n) is 4.61. The molecular weight excluding hydrogens is 294 g/mol. The molecule has 0 spiro atoms. The van der Waals surface area contributed by atoms with Crippen molar-refractivity contribution in [1.29, 1.82) is 0 Å². The van der Waals surface area contributed by atoms with E-state index < -0.39 is 5.91 Å². The van der Waals surface area contributed by atoms with Crippen molar-refractivity contribution in [3.63, 3.8) is 0 Å². The van der Waals surface area contributed by atoms with Crippen LogP contribution in [0.4, 0.5) is 5.69 Å². The highest BCUT2D eigenvalue weighted by Gasteiger charge is 2.12. The number of halogens is 1. The molecule has 0 aromatic heterocycles. The minimum Gasteiger partial charge on any atom is -0.495 e. The van der Waals surface area contributed by atoms with E-state index in [0.717, 1.165) is 18.4 Å². The molecule has 0 aliphatic heterocycles. The van der Waals surface area contributed by atoms with Gasteiger partial charge >= 0.3 is 5.97 Å². The zero-order valence-electron chi connectivity index (χ0n) is 12.5. The number of hydrogen-bond donors (Lipinski definition) is 1. The molecule has 116 valence electrons. The number of methoxy groups -OCH3 is 1. The van der Waals surface area contributed by atoms with Gasteiger partial charge in [-0.15, -0.1) is 0 Å². The Kier molecular flexibility index (Phi) is 7.02. The number of aryl methyl sites for hydroxylation is 1. The van der Waals surface area contributed by atoms with E-state index in [1.165, 1.54) is 7.11 Å². The molecule has 0 heterocycles. The van der Waals surface area contributed by atoms with E-state index in [4.69, 9.17) is 21.1 Å². The minimum absolute atomic E-state index is 0.312. The Morgan fingerprint density at radius 2 is 2.05 bits per heavy atom. The number of carbonyl (C=O) groups is 2. The summed E-state index contributed by atoms with van der Waals surface area (Å²) in [6.07, 6.45) is 1.99. The highest BCUT2D eigenvalue weighted by molar-refractivity contribution is 6.31. The predicted octanol–water partition coefficient (Wildman–Crippen LogP) is 3.33. The van der Waals surface area contributed by atoms with Gasteiger partial charge in [0, 0.05) is 17.5 Å². The summed E-state index contributed by atoms with van der Waals surface area (Å²) < 4.78 is 10.0. The number of benzene rings is 1. The lowest BCUT2D eigenvalue weighted by atomic mass is 10.2. The zero-order chi connectivity index (χ0) is 15.8. The number of hydrogen-bond acceptors (Lipinski definition) is 4. The van der Waals surface area contributed by atoms with Gasteiger partial charge in [-0.1, -0.05) is 24.9 Å². The van der Waals surface area contributed by atoms with Gasteiger partial charge in [-0.2, -0.15) is 0 Å². The molecule has 1 rings (SSSR count). The maximum absolute atomic E-state index is 11.8. The Labute approximate surface area is 129 Å².